The molecule has 80 valence electrons. The minimum Gasteiger partial charge on any atom is -0.396 e. The van der Waals surface area contributed by atoms with Crippen molar-refractivity contribution in [3.63, 3.8) is 0 Å². The number of hydrogen-bond donors (Lipinski definition) is 1. The van der Waals surface area contributed by atoms with Crippen molar-refractivity contribution in [1.82, 2.24) is 4.98 Å². The summed E-state index contributed by atoms with van der Waals surface area (Å²) in [5.41, 5.74) is 1.10. The Labute approximate surface area is 90.0 Å². The van der Waals surface area contributed by atoms with Gasteiger partial charge in [-0.1, -0.05) is 20.3 Å². The summed E-state index contributed by atoms with van der Waals surface area (Å²) in [4.78, 5) is 4.43. The summed E-state index contributed by atoms with van der Waals surface area (Å²) in [7, 11) is 0. The minimum absolute atomic E-state index is 0.0129. The third-order valence-corrected chi connectivity index (χ3v) is 3.45. The highest BCUT2D eigenvalue weighted by molar-refractivity contribution is 7.09. The van der Waals surface area contributed by atoms with Crippen LogP contribution in [0.2, 0.25) is 0 Å². The fraction of sp³-hybridized carbons (Fsp3) is 0.727. The number of rotatable bonds is 5. The monoisotopic (exact) mass is 213 g/mol. The highest BCUT2D eigenvalue weighted by Gasteiger charge is 2.24. The molecule has 0 amide bonds. The van der Waals surface area contributed by atoms with Crippen molar-refractivity contribution in [2.45, 2.75) is 40.0 Å². The van der Waals surface area contributed by atoms with E-state index >= 15 is 0 Å². The number of thiazole rings is 1. The molecule has 0 aromatic carbocycles. The Morgan fingerprint density at radius 1 is 1.57 bits per heavy atom. The Morgan fingerprint density at radius 2 is 2.29 bits per heavy atom. The second-order valence-electron chi connectivity index (χ2n) is 4.28. The average molecular weight is 213 g/mol. The predicted molar refractivity (Wildman–Crippen MR) is 60.7 cm³/mol. The van der Waals surface area contributed by atoms with E-state index < -0.39 is 0 Å². The molecule has 0 saturated heterocycles. The summed E-state index contributed by atoms with van der Waals surface area (Å²) in [6.07, 6.45) is 3.07. The fourth-order valence-electron chi connectivity index (χ4n) is 1.68. The van der Waals surface area contributed by atoms with Crippen LogP contribution in [0.25, 0.3) is 0 Å². The van der Waals surface area contributed by atoms with Gasteiger partial charge in [0.2, 0.25) is 0 Å². The van der Waals surface area contributed by atoms with Crippen LogP contribution in [-0.2, 0) is 6.42 Å². The highest BCUT2D eigenvalue weighted by Crippen LogP contribution is 2.28. The summed E-state index contributed by atoms with van der Waals surface area (Å²) < 4.78 is 0. The van der Waals surface area contributed by atoms with Gasteiger partial charge in [0.1, 0.15) is 0 Å². The summed E-state index contributed by atoms with van der Waals surface area (Å²) >= 11 is 1.70. The third-order valence-electron chi connectivity index (χ3n) is 2.48. The first-order chi connectivity index (χ1) is 6.59. The molecule has 0 aliphatic carbocycles. The van der Waals surface area contributed by atoms with Gasteiger partial charge < -0.3 is 5.11 Å². The van der Waals surface area contributed by atoms with Crippen molar-refractivity contribution >= 4 is 11.3 Å². The molecule has 1 atom stereocenters. The zero-order valence-corrected chi connectivity index (χ0v) is 10.0. The van der Waals surface area contributed by atoms with Gasteiger partial charge in [0, 0.05) is 24.1 Å². The maximum absolute atomic E-state index is 9.36. The van der Waals surface area contributed by atoms with Gasteiger partial charge in [-0.05, 0) is 18.8 Å². The third kappa shape index (κ3) is 3.07. The Bertz CT molecular complexity index is 285. The number of aliphatic hydroxyl groups excluding tert-OH is 1. The SMILES string of the molecule is CCCC(C)(CO)Cc1nc(C)cs1. The molecule has 1 aromatic heterocycles. The normalized spacial score (nSPS) is 15.4. The van der Waals surface area contributed by atoms with Gasteiger partial charge >= 0.3 is 0 Å². The summed E-state index contributed by atoms with van der Waals surface area (Å²) in [5.74, 6) is 0. The molecule has 1 aromatic rings. The largest absolute Gasteiger partial charge is 0.396 e. The molecule has 1 rings (SSSR count). The van der Waals surface area contributed by atoms with Crippen LogP contribution in [0.15, 0.2) is 5.38 Å². The number of aromatic nitrogens is 1. The van der Waals surface area contributed by atoms with E-state index in [0.717, 1.165) is 30.0 Å². The van der Waals surface area contributed by atoms with Crippen LogP contribution in [0.5, 0.6) is 0 Å². The number of aryl methyl sites for hydroxylation is 1. The van der Waals surface area contributed by atoms with Gasteiger partial charge in [0.25, 0.3) is 0 Å². The molecule has 0 fully saturated rings. The summed E-state index contributed by atoms with van der Waals surface area (Å²) in [5, 5.41) is 12.6. The summed E-state index contributed by atoms with van der Waals surface area (Å²) in [6, 6.07) is 0. The molecule has 3 heteroatoms. The molecule has 2 nitrogen and oxygen atoms in total. The number of hydrogen-bond acceptors (Lipinski definition) is 3. The van der Waals surface area contributed by atoms with Crippen LogP contribution < -0.4 is 0 Å². The van der Waals surface area contributed by atoms with Gasteiger partial charge in [-0.25, -0.2) is 4.98 Å². The Hall–Kier alpha value is -0.410. The standard InChI is InChI=1S/C11H19NOS/c1-4-5-11(3,8-13)6-10-12-9(2)7-14-10/h7,13H,4-6,8H2,1-3H3. The number of nitrogens with zero attached hydrogens (tertiary/aromatic N) is 1. The molecule has 0 radical (unpaired) electrons. The Balaban J connectivity index is 2.64. The van der Waals surface area contributed by atoms with Gasteiger partial charge in [-0.2, -0.15) is 0 Å². The van der Waals surface area contributed by atoms with Crippen molar-refractivity contribution in [2.75, 3.05) is 6.61 Å². The van der Waals surface area contributed by atoms with Crippen LogP contribution in [0, 0.1) is 12.3 Å². The maximum atomic E-state index is 9.36. The van der Waals surface area contributed by atoms with Crippen LogP contribution in [0.4, 0.5) is 0 Å². The minimum atomic E-state index is 0.0129. The van der Waals surface area contributed by atoms with E-state index in [9.17, 15) is 5.11 Å². The smallest absolute Gasteiger partial charge is 0.0934 e. The highest BCUT2D eigenvalue weighted by atomic mass is 32.1. The van der Waals surface area contributed by atoms with E-state index in [4.69, 9.17) is 0 Å². The Kier molecular flexibility index (Phi) is 4.08. The van der Waals surface area contributed by atoms with Crippen LogP contribution >= 0.6 is 11.3 Å². The van der Waals surface area contributed by atoms with E-state index in [1.165, 1.54) is 0 Å². The molecular formula is C11H19NOS. The van der Waals surface area contributed by atoms with Crippen molar-refractivity contribution < 1.29 is 5.11 Å². The average Bonchev–Trinajstić information content (AvgIpc) is 2.51. The first kappa shape index (κ1) is 11.7. The first-order valence-electron chi connectivity index (χ1n) is 5.11. The van der Waals surface area contributed by atoms with Crippen molar-refractivity contribution in [2.24, 2.45) is 5.41 Å². The molecule has 14 heavy (non-hydrogen) atoms. The Morgan fingerprint density at radius 3 is 2.71 bits per heavy atom. The lowest BCUT2D eigenvalue weighted by atomic mass is 9.83. The van der Waals surface area contributed by atoms with Gasteiger partial charge in [-0.3, -0.25) is 0 Å². The van der Waals surface area contributed by atoms with E-state index in [2.05, 4.69) is 24.2 Å². The van der Waals surface area contributed by atoms with E-state index in [-0.39, 0.29) is 12.0 Å². The molecular weight excluding hydrogens is 194 g/mol. The maximum Gasteiger partial charge on any atom is 0.0934 e. The van der Waals surface area contributed by atoms with Crippen LogP contribution in [0.1, 0.15) is 37.4 Å². The van der Waals surface area contributed by atoms with Crippen molar-refractivity contribution in [3.8, 4) is 0 Å². The molecule has 0 saturated carbocycles. The van der Waals surface area contributed by atoms with Gasteiger partial charge in [0.15, 0.2) is 0 Å². The lowest BCUT2D eigenvalue weighted by Crippen LogP contribution is -2.24. The van der Waals surface area contributed by atoms with Crippen molar-refractivity contribution in [3.05, 3.63) is 16.1 Å². The van der Waals surface area contributed by atoms with E-state index in [1.807, 2.05) is 6.92 Å². The van der Waals surface area contributed by atoms with Gasteiger partial charge in [-0.15, -0.1) is 11.3 Å². The van der Waals surface area contributed by atoms with E-state index in [1.54, 1.807) is 11.3 Å². The molecule has 1 heterocycles. The van der Waals surface area contributed by atoms with Crippen molar-refractivity contribution in [1.29, 1.82) is 0 Å². The molecule has 0 aliphatic heterocycles. The summed E-state index contributed by atoms with van der Waals surface area (Å²) in [6.45, 7) is 6.55. The molecule has 0 spiro atoms. The molecule has 0 aliphatic rings. The topological polar surface area (TPSA) is 33.1 Å². The first-order valence-corrected chi connectivity index (χ1v) is 5.99. The van der Waals surface area contributed by atoms with Crippen LogP contribution in [0.3, 0.4) is 0 Å². The lowest BCUT2D eigenvalue weighted by Gasteiger charge is -2.25. The zero-order valence-electron chi connectivity index (χ0n) is 9.21. The molecule has 1 N–H and O–H groups in total. The lowest BCUT2D eigenvalue weighted by molar-refractivity contribution is 0.131. The fourth-order valence-corrected chi connectivity index (χ4v) is 2.66. The second-order valence-corrected chi connectivity index (χ2v) is 5.22. The van der Waals surface area contributed by atoms with E-state index in [0.29, 0.717) is 0 Å². The number of aliphatic hydroxyl groups is 1. The quantitative estimate of drug-likeness (QED) is 0.816. The predicted octanol–water partition coefficient (Wildman–Crippen LogP) is 2.79. The van der Waals surface area contributed by atoms with Gasteiger partial charge in [0.05, 0.1) is 5.01 Å². The molecule has 1 unspecified atom stereocenters. The van der Waals surface area contributed by atoms with Crippen LogP contribution in [-0.4, -0.2) is 16.7 Å². The molecule has 0 bridgehead atoms. The zero-order chi connectivity index (χ0) is 10.6. The second kappa shape index (κ2) is 4.89.